The molecule has 7 heteroatoms. The summed E-state index contributed by atoms with van der Waals surface area (Å²) in [7, 11) is 0. The van der Waals surface area contributed by atoms with Crippen molar-refractivity contribution >= 4 is 51.3 Å². The van der Waals surface area contributed by atoms with Gasteiger partial charge >= 0.3 is 11.9 Å². The second kappa shape index (κ2) is 8.65. The molecule has 0 N–H and O–H groups in total. The van der Waals surface area contributed by atoms with E-state index in [1.54, 1.807) is 25.1 Å². The number of carbonyl (C=O) groups is 2. The SMILES string of the molecule is CCOC(=O)c1c(-c2ccc(Cl)cc2)csc1N=C1C=C(c2ccccc2)OC1=O. The van der Waals surface area contributed by atoms with Crippen LogP contribution in [0.15, 0.2) is 71.0 Å². The normalized spacial score (nSPS) is 14.5. The number of halogens is 1. The summed E-state index contributed by atoms with van der Waals surface area (Å²) in [5.41, 5.74) is 2.69. The minimum absolute atomic E-state index is 0.129. The zero-order chi connectivity index (χ0) is 21.1. The van der Waals surface area contributed by atoms with Crippen molar-refractivity contribution < 1.29 is 19.1 Å². The van der Waals surface area contributed by atoms with E-state index >= 15 is 0 Å². The van der Waals surface area contributed by atoms with Crippen molar-refractivity contribution in [1.29, 1.82) is 0 Å². The van der Waals surface area contributed by atoms with E-state index in [4.69, 9.17) is 21.1 Å². The second-order valence-corrected chi connectivity index (χ2v) is 7.61. The molecule has 0 unspecified atom stereocenters. The molecule has 0 saturated carbocycles. The number of benzene rings is 2. The molecule has 0 radical (unpaired) electrons. The van der Waals surface area contributed by atoms with Crippen LogP contribution in [0.25, 0.3) is 16.9 Å². The zero-order valence-electron chi connectivity index (χ0n) is 15.9. The molecule has 3 aromatic rings. The summed E-state index contributed by atoms with van der Waals surface area (Å²) in [5, 5.41) is 2.80. The summed E-state index contributed by atoms with van der Waals surface area (Å²) in [6, 6.07) is 16.4. The summed E-state index contributed by atoms with van der Waals surface area (Å²) < 4.78 is 10.6. The predicted molar refractivity (Wildman–Crippen MR) is 118 cm³/mol. The first-order chi connectivity index (χ1) is 14.6. The second-order valence-electron chi connectivity index (χ2n) is 6.32. The smallest absolute Gasteiger partial charge is 0.362 e. The van der Waals surface area contributed by atoms with Crippen molar-refractivity contribution in [2.75, 3.05) is 6.61 Å². The molecule has 0 fully saturated rings. The quantitative estimate of drug-likeness (QED) is 0.465. The Morgan fingerprint density at radius 3 is 2.53 bits per heavy atom. The van der Waals surface area contributed by atoms with Gasteiger partial charge in [-0.3, -0.25) is 0 Å². The third-order valence-electron chi connectivity index (χ3n) is 4.37. The maximum Gasteiger partial charge on any atom is 0.362 e. The molecule has 0 amide bonds. The fourth-order valence-electron chi connectivity index (χ4n) is 2.97. The molecule has 2 aromatic carbocycles. The third kappa shape index (κ3) is 4.06. The van der Waals surface area contributed by atoms with Crippen LogP contribution in [0.4, 0.5) is 5.00 Å². The Balaban J connectivity index is 1.77. The van der Waals surface area contributed by atoms with Crippen LogP contribution in [0, 0.1) is 0 Å². The molecule has 0 bridgehead atoms. The molecule has 1 aromatic heterocycles. The molecule has 0 aliphatic carbocycles. The monoisotopic (exact) mass is 437 g/mol. The average Bonchev–Trinajstić information content (AvgIpc) is 3.33. The Bertz CT molecular complexity index is 1160. The molecule has 0 spiro atoms. The van der Waals surface area contributed by atoms with E-state index in [1.165, 1.54) is 11.3 Å². The van der Waals surface area contributed by atoms with Crippen molar-refractivity contribution in [3.05, 3.63) is 82.2 Å². The van der Waals surface area contributed by atoms with Gasteiger partial charge in [0.15, 0.2) is 5.71 Å². The Kier molecular flexibility index (Phi) is 5.79. The van der Waals surface area contributed by atoms with Gasteiger partial charge in [-0.2, -0.15) is 0 Å². The maximum atomic E-state index is 12.7. The molecule has 5 nitrogen and oxygen atoms in total. The Morgan fingerprint density at radius 1 is 1.10 bits per heavy atom. The summed E-state index contributed by atoms with van der Waals surface area (Å²) in [6.45, 7) is 1.96. The van der Waals surface area contributed by atoms with Crippen LogP contribution in [-0.2, 0) is 14.3 Å². The van der Waals surface area contributed by atoms with Crippen molar-refractivity contribution in [2.45, 2.75) is 6.92 Å². The third-order valence-corrected chi connectivity index (χ3v) is 5.49. The first-order valence-electron chi connectivity index (χ1n) is 9.19. The molecule has 0 saturated heterocycles. The van der Waals surface area contributed by atoms with Gasteiger partial charge in [-0.1, -0.05) is 54.1 Å². The number of thiophene rings is 1. The standard InChI is InChI=1S/C23H16ClNO4S/c1-2-28-23(27)20-17(14-8-10-16(24)11-9-14)13-30-21(20)25-18-12-19(29-22(18)26)15-6-4-3-5-7-15/h3-13H,2H2,1H3. The van der Waals surface area contributed by atoms with Crippen LogP contribution in [0.3, 0.4) is 0 Å². The van der Waals surface area contributed by atoms with E-state index in [9.17, 15) is 9.59 Å². The van der Waals surface area contributed by atoms with Gasteiger partial charge in [-0.15, -0.1) is 11.3 Å². The van der Waals surface area contributed by atoms with Gasteiger partial charge in [0.25, 0.3) is 0 Å². The number of hydrogen-bond donors (Lipinski definition) is 0. The van der Waals surface area contributed by atoms with E-state index in [1.807, 2.05) is 47.8 Å². The summed E-state index contributed by atoms with van der Waals surface area (Å²) in [6.07, 6.45) is 1.58. The molecule has 4 rings (SSSR count). The number of nitrogens with zero attached hydrogens (tertiary/aromatic N) is 1. The van der Waals surface area contributed by atoms with Crippen LogP contribution in [-0.4, -0.2) is 24.3 Å². The Hall–Kier alpha value is -3.22. The molecule has 1 aliphatic heterocycles. The fourth-order valence-corrected chi connectivity index (χ4v) is 4.04. The van der Waals surface area contributed by atoms with Crippen molar-refractivity contribution in [2.24, 2.45) is 4.99 Å². The first kappa shape index (κ1) is 20.1. The number of hydrogen-bond acceptors (Lipinski definition) is 6. The zero-order valence-corrected chi connectivity index (χ0v) is 17.5. The molecule has 30 heavy (non-hydrogen) atoms. The van der Waals surface area contributed by atoms with Gasteiger partial charge in [-0.05, 0) is 24.6 Å². The van der Waals surface area contributed by atoms with Crippen LogP contribution >= 0.6 is 22.9 Å². The van der Waals surface area contributed by atoms with E-state index in [0.717, 1.165) is 11.1 Å². The lowest BCUT2D eigenvalue weighted by Crippen LogP contribution is -2.08. The Morgan fingerprint density at radius 2 is 1.83 bits per heavy atom. The largest absolute Gasteiger partial charge is 0.462 e. The van der Waals surface area contributed by atoms with Gasteiger partial charge in [0.1, 0.15) is 16.3 Å². The number of esters is 2. The average molecular weight is 438 g/mol. The molecular weight excluding hydrogens is 422 g/mol. The van der Waals surface area contributed by atoms with Gasteiger partial charge in [0.2, 0.25) is 0 Å². The number of rotatable bonds is 5. The number of cyclic esters (lactones) is 1. The van der Waals surface area contributed by atoms with E-state index in [2.05, 4.69) is 4.99 Å². The summed E-state index contributed by atoms with van der Waals surface area (Å²) in [5.74, 6) is -0.640. The van der Waals surface area contributed by atoms with E-state index in [-0.39, 0.29) is 12.3 Å². The van der Waals surface area contributed by atoms with Gasteiger partial charge in [0, 0.05) is 27.6 Å². The molecule has 150 valence electrons. The minimum atomic E-state index is -0.565. The highest BCUT2D eigenvalue weighted by atomic mass is 35.5. The van der Waals surface area contributed by atoms with Crippen LogP contribution in [0.2, 0.25) is 5.02 Å². The lowest BCUT2D eigenvalue weighted by molar-refractivity contribution is -0.128. The predicted octanol–water partition coefficient (Wildman–Crippen LogP) is 5.92. The van der Waals surface area contributed by atoms with E-state index < -0.39 is 11.9 Å². The summed E-state index contributed by atoms with van der Waals surface area (Å²) in [4.78, 5) is 29.5. The van der Waals surface area contributed by atoms with Crippen molar-refractivity contribution in [1.82, 2.24) is 0 Å². The highest BCUT2D eigenvalue weighted by molar-refractivity contribution is 7.15. The lowest BCUT2D eigenvalue weighted by atomic mass is 10.0. The molecule has 0 atom stereocenters. The van der Waals surface area contributed by atoms with Gasteiger partial charge < -0.3 is 9.47 Å². The van der Waals surface area contributed by atoms with Crippen LogP contribution < -0.4 is 0 Å². The topological polar surface area (TPSA) is 65.0 Å². The molecule has 1 aliphatic rings. The minimum Gasteiger partial charge on any atom is -0.462 e. The first-order valence-corrected chi connectivity index (χ1v) is 10.4. The number of ether oxygens (including phenoxy) is 2. The number of aliphatic imine (C=N–C) groups is 1. The van der Waals surface area contributed by atoms with Crippen LogP contribution in [0.1, 0.15) is 22.8 Å². The summed E-state index contributed by atoms with van der Waals surface area (Å²) >= 11 is 7.24. The molecule has 2 heterocycles. The van der Waals surface area contributed by atoms with Gasteiger partial charge in [-0.25, -0.2) is 14.6 Å². The maximum absolute atomic E-state index is 12.7. The number of carbonyl (C=O) groups excluding carboxylic acids is 2. The van der Waals surface area contributed by atoms with Gasteiger partial charge in [0.05, 0.1) is 6.61 Å². The van der Waals surface area contributed by atoms with E-state index in [0.29, 0.717) is 26.9 Å². The molecular formula is C23H16ClNO4S. The van der Waals surface area contributed by atoms with Crippen molar-refractivity contribution in [3.63, 3.8) is 0 Å². The fraction of sp³-hybridized carbons (Fsp3) is 0.0870. The lowest BCUT2D eigenvalue weighted by Gasteiger charge is -2.06. The van der Waals surface area contributed by atoms with Crippen LogP contribution in [0.5, 0.6) is 0 Å². The Labute approximate surface area is 182 Å². The highest BCUT2D eigenvalue weighted by Gasteiger charge is 2.27. The highest BCUT2D eigenvalue weighted by Crippen LogP contribution is 2.39. The van der Waals surface area contributed by atoms with Crippen molar-refractivity contribution in [3.8, 4) is 11.1 Å².